The van der Waals surface area contributed by atoms with E-state index in [1.807, 2.05) is 124 Å². The van der Waals surface area contributed by atoms with E-state index in [9.17, 15) is 0 Å². The molecule has 0 aliphatic carbocycles. The van der Waals surface area contributed by atoms with Crippen molar-refractivity contribution in [2.75, 3.05) is 0 Å². The predicted molar refractivity (Wildman–Crippen MR) is 193 cm³/mol. The number of benzene rings is 4. The fraction of sp³-hybridized carbons (Fsp3) is 0.140. The topological polar surface area (TPSA) is 51.8 Å². The van der Waals surface area contributed by atoms with Gasteiger partial charge in [0, 0.05) is 55.8 Å². The second-order valence-electron chi connectivity index (χ2n) is 12.3. The van der Waals surface area contributed by atoms with E-state index >= 15 is 0 Å². The van der Waals surface area contributed by atoms with Gasteiger partial charge in [0.1, 0.15) is 5.58 Å². The molecule has 5 heteroatoms. The SMILES string of the molecule is [2H]C([2H])([2H])c1ccc2c(ccc3c4cc[c-]c(-c5ccccn5)c4oc23)n1.[2H]C([2H])(c1ccc(-c2ccnc(-c3[c-]cccc3)c2)cc1)C(C)(C)C.[Ir]. The summed E-state index contributed by atoms with van der Waals surface area (Å²) in [4.78, 5) is 13.1. The maximum absolute atomic E-state index is 8.39. The van der Waals surface area contributed by atoms with Crippen molar-refractivity contribution in [2.24, 2.45) is 5.41 Å². The van der Waals surface area contributed by atoms with E-state index in [0.717, 1.165) is 49.8 Å². The fourth-order valence-electron chi connectivity index (χ4n) is 5.59. The number of furan rings is 1. The van der Waals surface area contributed by atoms with Gasteiger partial charge in [0.15, 0.2) is 0 Å². The van der Waals surface area contributed by atoms with Crippen LogP contribution in [0.5, 0.6) is 0 Å². The minimum Gasteiger partial charge on any atom is -0.500 e. The first kappa shape index (κ1) is 27.0. The molecule has 4 nitrogen and oxygen atoms in total. The molecule has 0 bridgehead atoms. The molecule has 0 saturated heterocycles. The molecule has 239 valence electrons. The summed E-state index contributed by atoms with van der Waals surface area (Å²) < 4.78 is 45.7. The van der Waals surface area contributed by atoms with Crippen LogP contribution >= 0.6 is 0 Å². The van der Waals surface area contributed by atoms with Gasteiger partial charge in [-0.25, -0.2) is 0 Å². The average Bonchev–Trinajstić information content (AvgIpc) is 3.54. The summed E-state index contributed by atoms with van der Waals surface area (Å²) in [7, 11) is 0. The number of aromatic nitrogens is 3. The molecule has 0 unspecified atom stereocenters. The number of rotatable bonds is 4. The Hall–Kier alpha value is -4.96. The summed E-state index contributed by atoms with van der Waals surface area (Å²) in [6.07, 6.45) is 2.15. The smallest absolute Gasteiger partial charge is 0.130 e. The molecule has 4 aromatic heterocycles. The van der Waals surface area contributed by atoms with Crippen molar-refractivity contribution in [1.82, 2.24) is 15.0 Å². The predicted octanol–water partition coefficient (Wildman–Crippen LogP) is 11.1. The fourth-order valence-corrected chi connectivity index (χ4v) is 5.59. The van der Waals surface area contributed by atoms with Gasteiger partial charge in [-0.1, -0.05) is 74.2 Å². The van der Waals surface area contributed by atoms with Gasteiger partial charge in [0.05, 0.1) is 11.1 Å². The van der Waals surface area contributed by atoms with Crippen molar-refractivity contribution < 1.29 is 31.4 Å². The molecule has 0 N–H and O–H groups in total. The van der Waals surface area contributed by atoms with Crippen LogP contribution in [0.3, 0.4) is 0 Å². The van der Waals surface area contributed by atoms with Crippen molar-refractivity contribution in [3.05, 3.63) is 151 Å². The second kappa shape index (κ2) is 14.0. The third-order valence-electron chi connectivity index (χ3n) is 7.67. The molecule has 8 aromatic rings. The molecule has 1 radical (unpaired) electrons. The number of pyridine rings is 3. The van der Waals surface area contributed by atoms with Crippen molar-refractivity contribution >= 4 is 32.8 Å². The van der Waals surface area contributed by atoms with E-state index in [1.165, 1.54) is 6.07 Å². The van der Waals surface area contributed by atoms with Crippen molar-refractivity contribution in [3.8, 4) is 33.6 Å². The molecule has 4 aromatic carbocycles. The van der Waals surface area contributed by atoms with Gasteiger partial charge in [-0.2, -0.15) is 0 Å². The van der Waals surface area contributed by atoms with E-state index in [1.54, 1.807) is 18.5 Å². The Balaban J connectivity index is 0.000000179. The molecule has 0 fully saturated rings. The van der Waals surface area contributed by atoms with Gasteiger partial charge in [0.2, 0.25) is 0 Å². The molecule has 0 amide bonds. The van der Waals surface area contributed by atoms with E-state index in [4.69, 9.17) is 11.3 Å². The van der Waals surface area contributed by atoms with Crippen LogP contribution < -0.4 is 0 Å². The van der Waals surface area contributed by atoms with Gasteiger partial charge in [-0.3, -0.25) is 4.98 Å². The number of nitrogens with zero attached hydrogens (tertiary/aromatic N) is 3. The minimum atomic E-state index is -2.24. The maximum Gasteiger partial charge on any atom is 0.130 e. The first-order valence-electron chi connectivity index (χ1n) is 17.9. The third kappa shape index (κ3) is 7.13. The molecule has 0 atom stereocenters. The first-order chi connectivity index (χ1) is 24.8. The summed E-state index contributed by atoms with van der Waals surface area (Å²) in [6.45, 7) is 3.53. The molecular weight excluding hydrogens is 767 g/mol. The molecule has 0 aliphatic heterocycles. The summed E-state index contributed by atoms with van der Waals surface area (Å²) in [5.74, 6) is 0. The summed E-state index contributed by atoms with van der Waals surface area (Å²) in [5.41, 5.74) is 7.85. The molecular formula is C43H35IrN3O-2. The Morgan fingerprint density at radius 1 is 0.708 bits per heavy atom. The zero-order valence-corrected chi connectivity index (χ0v) is 29.1. The van der Waals surface area contributed by atoms with Gasteiger partial charge in [0.25, 0.3) is 0 Å². The normalized spacial score (nSPS) is 13.4. The summed E-state index contributed by atoms with van der Waals surface area (Å²) in [5, 5.41) is 2.70. The van der Waals surface area contributed by atoms with Gasteiger partial charge in [-0.15, -0.1) is 54.1 Å². The van der Waals surface area contributed by atoms with Gasteiger partial charge >= 0.3 is 0 Å². The Labute approximate surface area is 302 Å². The maximum atomic E-state index is 8.39. The largest absolute Gasteiger partial charge is 0.500 e. The van der Waals surface area contributed by atoms with Crippen LogP contribution in [0.1, 0.15) is 38.9 Å². The zero-order chi connectivity index (χ0) is 36.7. The molecule has 8 rings (SSSR count). The van der Waals surface area contributed by atoms with Crippen LogP contribution in [-0.4, -0.2) is 15.0 Å². The van der Waals surface area contributed by atoms with Gasteiger partial charge in [-0.05, 0) is 83.1 Å². The third-order valence-corrected chi connectivity index (χ3v) is 7.67. The number of aryl methyl sites for hydroxylation is 1. The van der Waals surface area contributed by atoms with Crippen molar-refractivity contribution in [1.29, 1.82) is 0 Å². The molecule has 48 heavy (non-hydrogen) atoms. The van der Waals surface area contributed by atoms with Crippen LogP contribution in [0.2, 0.25) is 0 Å². The zero-order valence-electron chi connectivity index (χ0n) is 31.7. The van der Waals surface area contributed by atoms with Crippen LogP contribution in [0.4, 0.5) is 0 Å². The standard InChI is InChI=1S/C22H22N.C21H13N2O.Ir/c1-22(2,3)16-17-9-11-18(12-10-17)20-13-14-23-21(15-20)19-7-5-4-6-8-19;1-13-8-9-17-19(23-13)11-10-15-14-5-4-6-16(20(14)24-21(15)17)18-7-2-3-12-22-18;/h4-7,9-15H,16H2,1-3H3;2-5,7-12H,1H3;/q2*-1;/i16D2;1D3;. The van der Waals surface area contributed by atoms with Gasteiger partial charge < -0.3 is 14.4 Å². The Bertz CT molecular complexity index is 2510. The monoisotopic (exact) mass is 807 g/mol. The molecule has 4 heterocycles. The van der Waals surface area contributed by atoms with E-state index in [-0.39, 0.29) is 25.8 Å². The molecule has 0 aliphatic rings. The van der Waals surface area contributed by atoms with E-state index < -0.39 is 18.6 Å². The van der Waals surface area contributed by atoms with Crippen molar-refractivity contribution in [3.63, 3.8) is 0 Å². The number of hydrogen-bond donors (Lipinski definition) is 0. The second-order valence-corrected chi connectivity index (χ2v) is 12.3. The van der Waals surface area contributed by atoms with Crippen LogP contribution in [0, 0.1) is 24.4 Å². The summed E-state index contributed by atoms with van der Waals surface area (Å²) >= 11 is 0. The Kier molecular flexibility index (Phi) is 7.90. The Morgan fingerprint density at radius 3 is 2.25 bits per heavy atom. The van der Waals surface area contributed by atoms with Crippen molar-refractivity contribution in [2.45, 2.75) is 34.0 Å². The van der Waals surface area contributed by atoms with E-state index in [2.05, 4.69) is 27.1 Å². The van der Waals surface area contributed by atoms with Crippen LogP contribution in [0.15, 0.2) is 132 Å². The minimum absolute atomic E-state index is 0. The first-order valence-corrected chi connectivity index (χ1v) is 15.4. The molecule has 0 saturated carbocycles. The summed E-state index contributed by atoms with van der Waals surface area (Å²) in [6, 6.07) is 42.5. The average molecular weight is 807 g/mol. The number of hydrogen-bond acceptors (Lipinski definition) is 4. The quantitative estimate of drug-likeness (QED) is 0.166. The van der Waals surface area contributed by atoms with Crippen LogP contribution in [0.25, 0.3) is 66.5 Å². The number of fused-ring (bicyclic) bond motifs is 5. The molecule has 0 spiro atoms. The van der Waals surface area contributed by atoms with Crippen LogP contribution in [-0.2, 0) is 26.5 Å². The van der Waals surface area contributed by atoms with E-state index in [0.29, 0.717) is 22.2 Å². The Morgan fingerprint density at radius 2 is 1.50 bits per heavy atom.